The Bertz CT molecular complexity index is 786. The van der Waals surface area contributed by atoms with E-state index in [9.17, 15) is 0 Å². The zero-order valence-electron chi connectivity index (χ0n) is 21.3. The summed E-state index contributed by atoms with van der Waals surface area (Å²) in [6.07, 6.45) is 16.8. The third-order valence-corrected chi connectivity index (χ3v) is 8.84. The van der Waals surface area contributed by atoms with Crippen molar-refractivity contribution in [2.24, 2.45) is 11.8 Å². The summed E-state index contributed by atoms with van der Waals surface area (Å²) in [7, 11) is 0. The van der Waals surface area contributed by atoms with Crippen molar-refractivity contribution in [2.75, 3.05) is 0 Å². The van der Waals surface area contributed by atoms with E-state index in [0.29, 0.717) is 0 Å². The molecule has 0 spiro atoms. The summed E-state index contributed by atoms with van der Waals surface area (Å²) in [6.45, 7) is 9.35. The van der Waals surface area contributed by atoms with Crippen molar-refractivity contribution in [3.63, 3.8) is 0 Å². The van der Waals surface area contributed by atoms with Gasteiger partial charge in [-0.2, -0.15) is 0 Å². The quantitative estimate of drug-likeness (QED) is 0.410. The molecule has 0 unspecified atom stereocenters. The highest BCUT2D eigenvalue weighted by atomic mass is 14.3. The molecule has 0 bridgehead atoms. The second-order valence-electron chi connectivity index (χ2n) is 11.2. The molecule has 0 atom stereocenters. The lowest BCUT2D eigenvalue weighted by atomic mass is 9.75. The highest BCUT2D eigenvalue weighted by Crippen LogP contribution is 2.41. The smallest absolute Gasteiger partial charge is 0.0159 e. The standard InChI is InChI=1S/C32H46/c1-5-7-25-9-13-27(14-10-25)31-19-17-29(21-23(31)3)30-18-20-32(24(4)22-30)28-15-11-26(8-6-2)12-16-28/h17-22,25-28H,5-16H2,1-4H3. The first-order valence-corrected chi connectivity index (χ1v) is 13.8. The average Bonchev–Trinajstić information content (AvgIpc) is 2.81. The van der Waals surface area contributed by atoms with Crippen LogP contribution in [0.5, 0.6) is 0 Å². The van der Waals surface area contributed by atoms with Crippen LogP contribution in [0.1, 0.15) is 125 Å². The molecular formula is C32H46. The number of hydrogen-bond acceptors (Lipinski definition) is 0. The zero-order valence-corrected chi connectivity index (χ0v) is 21.3. The van der Waals surface area contributed by atoms with Gasteiger partial charge >= 0.3 is 0 Å². The minimum Gasteiger partial charge on any atom is -0.0654 e. The van der Waals surface area contributed by atoms with E-state index >= 15 is 0 Å². The van der Waals surface area contributed by atoms with Gasteiger partial charge in [0.25, 0.3) is 0 Å². The van der Waals surface area contributed by atoms with Gasteiger partial charge in [-0.25, -0.2) is 0 Å². The van der Waals surface area contributed by atoms with Gasteiger partial charge in [-0.3, -0.25) is 0 Å². The highest BCUT2D eigenvalue weighted by Gasteiger charge is 2.24. The monoisotopic (exact) mass is 430 g/mol. The molecule has 32 heavy (non-hydrogen) atoms. The fourth-order valence-electron chi connectivity index (χ4n) is 6.97. The van der Waals surface area contributed by atoms with Crippen LogP contribution in [-0.2, 0) is 0 Å². The Morgan fingerprint density at radius 2 is 0.938 bits per heavy atom. The highest BCUT2D eigenvalue weighted by molar-refractivity contribution is 5.66. The van der Waals surface area contributed by atoms with Gasteiger partial charge in [0.1, 0.15) is 0 Å². The molecule has 0 nitrogen and oxygen atoms in total. The molecule has 2 aromatic rings. The van der Waals surface area contributed by atoms with Crippen LogP contribution in [0, 0.1) is 25.7 Å². The Morgan fingerprint density at radius 1 is 0.562 bits per heavy atom. The minimum absolute atomic E-state index is 0.782. The molecular weight excluding hydrogens is 384 g/mol. The van der Waals surface area contributed by atoms with Gasteiger partial charge in [0.05, 0.1) is 0 Å². The van der Waals surface area contributed by atoms with E-state index in [2.05, 4.69) is 64.1 Å². The van der Waals surface area contributed by atoms with Crippen molar-refractivity contribution in [3.05, 3.63) is 58.7 Å². The van der Waals surface area contributed by atoms with Crippen molar-refractivity contribution >= 4 is 0 Å². The van der Waals surface area contributed by atoms with E-state index in [1.54, 1.807) is 11.1 Å². The normalized spacial score (nSPS) is 26.2. The predicted molar refractivity (Wildman–Crippen MR) is 141 cm³/mol. The van der Waals surface area contributed by atoms with Crippen LogP contribution in [0.4, 0.5) is 0 Å². The zero-order chi connectivity index (χ0) is 22.5. The van der Waals surface area contributed by atoms with Crippen LogP contribution in [0.3, 0.4) is 0 Å². The molecule has 2 aliphatic rings. The lowest BCUT2D eigenvalue weighted by molar-refractivity contribution is 0.308. The van der Waals surface area contributed by atoms with E-state index in [0.717, 1.165) is 23.7 Å². The van der Waals surface area contributed by atoms with E-state index in [1.807, 2.05) is 0 Å². The predicted octanol–water partition coefficient (Wildman–Crippen LogP) is 10.1. The fourth-order valence-corrected chi connectivity index (χ4v) is 6.97. The minimum atomic E-state index is 0.782. The van der Waals surface area contributed by atoms with Gasteiger partial charge in [0, 0.05) is 0 Å². The average molecular weight is 431 g/mol. The van der Waals surface area contributed by atoms with Crippen molar-refractivity contribution in [3.8, 4) is 11.1 Å². The largest absolute Gasteiger partial charge is 0.0654 e. The molecule has 0 heterocycles. The number of hydrogen-bond donors (Lipinski definition) is 0. The maximum atomic E-state index is 2.46. The lowest BCUT2D eigenvalue weighted by Crippen LogP contribution is -2.14. The Balaban J connectivity index is 1.43. The molecule has 2 fully saturated rings. The van der Waals surface area contributed by atoms with Crippen LogP contribution in [-0.4, -0.2) is 0 Å². The van der Waals surface area contributed by atoms with Crippen LogP contribution in [0.2, 0.25) is 0 Å². The Morgan fingerprint density at radius 3 is 1.25 bits per heavy atom. The first kappa shape index (κ1) is 23.6. The molecule has 0 aromatic heterocycles. The number of aryl methyl sites for hydroxylation is 2. The SMILES string of the molecule is CCCC1CCC(c2ccc(-c3ccc(C4CCC(CCC)CC4)c(C)c3)cc2C)CC1. The summed E-state index contributed by atoms with van der Waals surface area (Å²) >= 11 is 0. The van der Waals surface area contributed by atoms with Gasteiger partial charge in [-0.15, -0.1) is 0 Å². The summed E-state index contributed by atoms with van der Waals surface area (Å²) in [6, 6.07) is 14.6. The lowest BCUT2D eigenvalue weighted by Gasteiger charge is -2.30. The van der Waals surface area contributed by atoms with Gasteiger partial charge in [-0.1, -0.05) is 75.9 Å². The summed E-state index contributed by atoms with van der Waals surface area (Å²) in [4.78, 5) is 0. The number of benzene rings is 2. The first-order chi connectivity index (χ1) is 15.6. The Labute approximate surface area is 198 Å². The van der Waals surface area contributed by atoms with Crippen LogP contribution < -0.4 is 0 Å². The summed E-state index contributed by atoms with van der Waals surface area (Å²) in [5.41, 5.74) is 9.01. The third-order valence-electron chi connectivity index (χ3n) is 8.84. The van der Waals surface area contributed by atoms with E-state index in [4.69, 9.17) is 0 Å². The summed E-state index contributed by atoms with van der Waals surface area (Å²) in [5, 5.41) is 0. The van der Waals surface area contributed by atoms with Crippen molar-refractivity contribution < 1.29 is 0 Å². The molecule has 0 heteroatoms. The first-order valence-electron chi connectivity index (χ1n) is 13.8. The van der Waals surface area contributed by atoms with Gasteiger partial charge in [-0.05, 0) is 122 Å². The Kier molecular flexibility index (Phi) is 8.14. The second-order valence-corrected chi connectivity index (χ2v) is 11.2. The molecule has 0 saturated heterocycles. The summed E-state index contributed by atoms with van der Waals surface area (Å²) < 4.78 is 0. The van der Waals surface area contributed by atoms with Crippen molar-refractivity contribution in [1.82, 2.24) is 0 Å². The third kappa shape index (κ3) is 5.49. The molecule has 0 N–H and O–H groups in total. The Hall–Kier alpha value is -1.56. The van der Waals surface area contributed by atoms with E-state index < -0.39 is 0 Å². The molecule has 174 valence electrons. The molecule has 2 saturated carbocycles. The van der Waals surface area contributed by atoms with Crippen molar-refractivity contribution in [1.29, 1.82) is 0 Å². The molecule has 0 radical (unpaired) electrons. The topological polar surface area (TPSA) is 0 Å². The summed E-state index contributed by atoms with van der Waals surface area (Å²) in [5.74, 6) is 3.53. The maximum absolute atomic E-state index is 2.46. The second kappa shape index (κ2) is 11.0. The van der Waals surface area contributed by atoms with Crippen LogP contribution >= 0.6 is 0 Å². The van der Waals surface area contributed by atoms with Gasteiger partial charge < -0.3 is 0 Å². The molecule has 0 amide bonds. The maximum Gasteiger partial charge on any atom is -0.0159 e. The van der Waals surface area contributed by atoms with Crippen LogP contribution in [0.25, 0.3) is 11.1 Å². The molecule has 4 rings (SSSR count). The van der Waals surface area contributed by atoms with Gasteiger partial charge in [0.2, 0.25) is 0 Å². The van der Waals surface area contributed by atoms with Crippen LogP contribution in [0.15, 0.2) is 36.4 Å². The number of rotatable bonds is 7. The van der Waals surface area contributed by atoms with E-state index in [1.165, 1.54) is 99.3 Å². The van der Waals surface area contributed by atoms with E-state index in [-0.39, 0.29) is 0 Å². The molecule has 0 aliphatic heterocycles. The molecule has 2 aliphatic carbocycles. The molecule has 2 aromatic carbocycles. The van der Waals surface area contributed by atoms with Gasteiger partial charge in [0.15, 0.2) is 0 Å². The fraction of sp³-hybridized carbons (Fsp3) is 0.625. The van der Waals surface area contributed by atoms with Crippen molar-refractivity contribution in [2.45, 2.75) is 117 Å².